The second kappa shape index (κ2) is 6.09. The van der Waals surface area contributed by atoms with Gasteiger partial charge in [0, 0.05) is 37.5 Å². The number of piperidine rings is 1. The van der Waals surface area contributed by atoms with Crippen molar-refractivity contribution in [2.45, 2.75) is 31.3 Å². The van der Waals surface area contributed by atoms with Crippen LogP contribution in [0.4, 0.5) is 0 Å². The van der Waals surface area contributed by atoms with Crippen LogP contribution in [-0.2, 0) is 18.3 Å². The molecule has 6 nitrogen and oxygen atoms in total. The second-order valence-electron chi connectivity index (χ2n) is 6.46. The summed E-state index contributed by atoms with van der Waals surface area (Å²) in [6.45, 7) is 1.46. The maximum atomic E-state index is 12.7. The molecule has 1 aromatic carbocycles. The summed E-state index contributed by atoms with van der Waals surface area (Å²) in [4.78, 5) is 14.7. The lowest BCUT2D eigenvalue weighted by molar-refractivity contribution is -0.139. The van der Waals surface area contributed by atoms with Crippen LogP contribution in [0.5, 0.6) is 5.75 Å². The lowest BCUT2D eigenvalue weighted by atomic mass is 9.95. The zero-order valence-electron chi connectivity index (χ0n) is 13.5. The van der Waals surface area contributed by atoms with Crippen molar-refractivity contribution < 1.29 is 9.53 Å². The molecule has 2 aromatic rings. The molecule has 0 N–H and O–H groups in total. The number of aromatic nitrogens is 3. The minimum atomic E-state index is -0.426. The van der Waals surface area contributed by atoms with E-state index in [0.717, 1.165) is 43.1 Å². The molecule has 0 unspecified atom stereocenters. The fourth-order valence-electron chi connectivity index (χ4n) is 3.58. The molecule has 0 saturated carbocycles. The molecule has 2 aliphatic heterocycles. The quantitative estimate of drug-likeness (QED) is 0.836. The third-order valence-electron chi connectivity index (χ3n) is 4.89. The van der Waals surface area contributed by atoms with Gasteiger partial charge in [-0.15, -0.1) is 10.2 Å². The number of rotatable bonds is 2. The predicted octanol–water partition coefficient (Wildman–Crippen LogP) is 2.18. The Hall–Kier alpha value is -2.08. The van der Waals surface area contributed by atoms with Gasteiger partial charge in [-0.2, -0.15) is 0 Å². The minimum Gasteiger partial charge on any atom is -0.480 e. The standard InChI is InChI=1S/C17H19ClN4O2/c1-21-10-19-20-16(21)11-4-6-22(7-5-11)17(23)15-9-12-8-13(18)2-3-14(12)24-15/h2-3,8,10-11,15H,4-7,9H2,1H3/t15-/m1/s1. The van der Waals surface area contributed by atoms with Crippen molar-refractivity contribution in [1.82, 2.24) is 19.7 Å². The molecule has 1 aromatic heterocycles. The highest BCUT2D eigenvalue weighted by Crippen LogP contribution is 2.33. The zero-order chi connectivity index (χ0) is 16.7. The second-order valence-corrected chi connectivity index (χ2v) is 6.90. The van der Waals surface area contributed by atoms with Crippen molar-refractivity contribution in [3.05, 3.63) is 40.9 Å². The van der Waals surface area contributed by atoms with Crippen LogP contribution in [0.15, 0.2) is 24.5 Å². The van der Waals surface area contributed by atoms with Crippen molar-refractivity contribution in [2.24, 2.45) is 7.05 Å². The van der Waals surface area contributed by atoms with Crippen LogP contribution >= 0.6 is 11.6 Å². The average molecular weight is 347 g/mol. The van der Waals surface area contributed by atoms with Gasteiger partial charge in [0.1, 0.15) is 17.9 Å². The molecular weight excluding hydrogens is 328 g/mol. The Morgan fingerprint density at radius 1 is 1.33 bits per heavy atom. The van der Waals surface area contributed by atoms with E-state index in [0.29, 0.717) is 17.4 Å². The molecule has 1 fully saturated rings. The van der Waals surface area contributed by atoms with Crippen LogP contribution in [0.1, 0.15) is 30.1 Å². The molecule has 1 atom stereocenters. The molecule has 1 saturated heterocycles. The summed E-state index contributed by atoms with van der Waals surface area (Å²) < 4.78 is 7.78. The van der Waals surface area contributed by atoms with E-state index in [2.05, 4.69) is 10.2 Å². The Labute approximate surface area is 145 Å². The van der Waals surface area contributed by atoms with E-state index in [-0.39, 0.29) is 5.91 Å². The zero-order valence-corrected chi connectivity index (χ0v) is 14.2. The fraction of sp³-hybridized carbons (Fsp3) is 0.471. The summed E-state index contributed by atoms with van der Waals surface area (Å²) in [7, 11) is 1.96. The van der Waals surface area contributed by atoms with Crippen LogP contribution < -0.4 is 4.74 Å². The molecule has 0 bridgehead atoms. The van der Waals surface area contributed by atoms with Gasteiger partial charge < -0.3 is 14.2 Å². The highest BCUT2D eigenvalue weighted by molar-refractivity contribution is 6.30. The summed E-state index contributed by atoms with van der Waals surface area (Å²) in [6, 6.07) is 5.51. The molecule has 24 heavy (non-hydrogen) atoms. The molecule has 0 spiro atoms. The van der Waals surface area contributed by atoms with Gasteiger partial charge in [0.15, 0.2) is 6.10 Å². The highest BCUT2D eigenvalue weighted by atomic mass is 35.5. The van der Waals surface area contributed by atoms with E-state index in [1.165, 1.54) is 0 Å². The molecule has 2 aliphatic rings. The number of nitrogens with zero attached hydrogens (tertiary/aromatic N) is 4. The number of benzene rings is 1. The maximum Gasteiger partial charge on any atom is 0.263 e. The van der Waals surface area contributed by atoms with Crippen LogP contribution in [0.2, 0.25) is 5.02 Å². The Morgan fingerprint density at radius 3 is 2.83 bits per heavy atom. The van der Waals surface area contributed by atoms with Gasteiger partial charge in [-0.05, 0) is 36.6 Å². The summed E-state index contributed by atoms with van der Waals surface area (Å²) in [5.74, 6) is 2.20. The highest BCUT2D eigenvalue weighted by Gasteiger charge is 2.35. The van der Waals surface area contributed by atoms with Crippen molar-refractivity contribution >= 4 is 17.5 Å². The predicted molar refractivity (Wildman–Crippen MR) is 89.1 cm³/mol. The van der Waals surface area contributed by atoms with Crippen molar-refractivity contribution in [1.29, 1.82) is 0 Å². The summed E-state index contributed by atoms with van der Waals surface area (Å²) in [6.07, 6.45) is 3.71. The molecule has 0 aliphatic carbocycles. The SMILES string of the molecule is Cn1cnnc1C1CCN(C(=O)[C@H]2Cc3cc(Cl)ccc3O2)CC1. The molecule has 3 heterocycles. The monoisotopic (exact) mass is 346 g/mol. The minimum absolute atomic E-state index is 0.0683. The normalized spacial score (nSPS) is 20.8. The molecule has 0 radical (unpaired) electrons. The van der Waals surface area contributed by atoms with Gasteiger partial charge in [0.25, 0.3) is 5.91 Å². The first kappa shape index (κ1) is 15.4. The summed E-state index contributed by atoms with van der Waals surface area (Å²) >= 11 is 6.01. The van der Waals surface area contributed by atoms with E-state index >= 15 is 0 Å². The number of hydrogen-bond acceptors (Lipinski definition) is 4. The van der Waals surface area contributed by atoms with Crippen LogP contribution in [0.25, 0.3) is 0 Å². The number of likely N-dealkylation sites (tertiary alicyclic amines) is 1. The number of aryl methyl sites for hydroxylation is 1. The first-order chi connectivity index (χ1) is 11.6. The fourth-order valence-corrected chi connectivity index (χ4v) is 3.77. The van der Waals surface area contributed by atoms with Gasteiger partial charge in [-0.1, -0.05) is 11.6 Å². The number of ether oxygens (including phenoxy) is 1. The summed E-state index contributed by atoms with van der Waals surface area (Å²) in [5.41, 5.74) is 1.01. The number of amides is 1. The van der Waals surface area contributed by atoms with Gasteiger partial charge in [-0.25, -0.2) is 0 Å². The van der Waals surface area contributed by atoms with E-state index in [4.69, 9.17) is 16.3 Å². The number of carbonyl (C=O) groups is 1. The lowest BCUT2D eigenvalue weighted by Crippen LogP contribution is -2.45. The Balaban J connectivity index is 1.38. The first-order valence-corrected chi connectivity index (χ1v) is 8.57. The molecule has 126 valence electrons. The average Bonchev–Trinajstić information content (AvgIpc) is 3.20. The molecule has 4 rings (SSSR count). The largest absolute Gasteiger partial charge is 0.480 e. The van der Waals surface area contributed by atoms with Crippen LogP contribution in [-0.4, -0.2) is 44.8 Å². The number of hydrogen-bond donors (Lipinski definition) is 0. The third-order valence-corrected chi connectivity index (χ3v) is 5.13. The van der Waals surface area contributed by atoms with Crippen molar-refractivity contribution in [3.63, 3.8) is 0 Å². The van der Waals surface area contributed by atoms with Crippen molar-refractivity contribution in [3.8, 4) is 5.75 Å². The van der Waals surface area contributed by atoms with Gasteiger partial charge >= 0.3 is 0 Å². The smallest absolute Gasteiger partial charge is 0.263 e. The van der Waals surface area contributed by atoms with E-state index in [1.807, 2.05) is 28.6 Å². The van der Waals surface area contributed by atoms with Crippen LogP contribution in [0, 0.1) is 0 Å². The topological polar surface area (TPSA) is 60.2 Å². The van der Waals surface area contributed by atoms with Gasteiger partial charge in [0.05, 0.1) is 0 Å². The van der Waals surface area contributed by atoms with Gasteiger partial charge in [0.2, 0.25) is 0 Å². The first-order valence-electron chi connectivity index (χ1n) is 8.19. The Bertz CT molecular complexity index is 768. The van der Waals surface area contributed by atoms with Crippen LogP contribution in [0.3, 0.4) is 0 Å². The third kappa shape index (κ3) is 2.75. The number of carbonyl (C=O) groups excluding carboxylic acids is 1. The lowest BCUT2D eigenvalue weighted by Gasteiger charge is -2.32. The molecule has 1 amide bonds. The maximum absolute atomic E-state index is 12.7. The Morgan fingerprint density at radius 2 is 2.12 bits per heavy atom. The van der Waals surface area contributed by atoms with E-state index < -0.39 is 6.10 Å². The molecular formula is C17H19ClN4O2. The Kier molecular flexibility index (Phi) is 3.92. The molecule has 7 heteroatoms. The number of halogens is 1. The summed E-state index contributed by atoms with van der Waals surface area (Å²) in [5, 5.41) is 8.82. The number of fused-ring (bicyclic) bond motifs is 1. The van der Waals surface area contributed by atoms with Gasteiger partial charge in [-0.3, -0.25) is 4.79 Å². The van der Waals surface area contributed by atoms with E-state index in [1.54, 1.807) is 12.4 Å². The van der Waals surface area contributed by atoms with Crippen molar-refractivity contribution in [2.75, 3.05) is 13.1 Å². The van der Waals surface area contributed by atoms with E-state index in [9.17, 15) is 4.79 Å².